The van der Waals surface area contributed by atoms with Crippen molar-refractivity contribution in [2.75, 3.05) is 11.9 Å². The van der Waals surface area contributed by atoms with Gasteiger partial charge in [-0.25, -0.2) is 14.0 Å². The average molecular weight is 460 g/mol. The monoisotopic (exact) mass is 459 g/mol. The zero-order valence-electron chi connectivity index (χ0n) is 18.3. The Balaban J connectivity index is 1.68. The number of hydrogen-bond acceptors (Lipinski definition) is 6. The smallest absolute Gasteiger partial charge is 0.341 e. The predicted molar refractivity (Wildman–Crippen MR) is 121 cm³/mol. The Hall–Kier alpha value is -3.00. The van der Waals surface area contributed by atoms with Crippen LogP contribution in [-0.4, -0.2) is 30.6 Å². The third-order valence-electron chi connectivity index (χ3n) is 5.17. The van der Waals surface area contributed by atoms with Gasteiger partial charge in [0.2, 0.25) is 0 Å². The number of rotatable bonds is 7. The molecule has 6 nitrogen and oxygen atoms in total. The van der Waals surface area contributed by atoms with E-state index in [1.807, 2.05) is 0 Å². The standard InChI is InChI=1S/C24H26FNO5S/c1-4-30-24(29)21-18-11-5-14(2)13-19(18)32-23(21)26-22(28)15(3)31-20(27)12-8-16-6-9-17(25)10-7-16/h6-10,12,14-15H,4-5,11,13H2,1-3H3,(H,26,28). The number of amides is 1. The molecule has 2 atom stereocenters. The van der Waals surface area contributed by atoms with Crippen molar-refractivity contribution in [3.8, 4) is 0 Å². The summed E-state index contributed by atoms with van der Waals surface area (Å²) in [5, 5.41) is 3.17. The normalized spacial score (nSPS) is 16.3. The Bertz CT molecular complexity index is 1030. The molecule has 0 saturated heterocycles. The highest BCUT2D eigenvalue weighted by atomic mass is 32.1. The second-order valence-electron chi connectivity index (χ2n) is 7.73. The Morgan fingerprint density at radius 3 is 2.69 bits per heavy atom. The molecule has 1 aromatic heterocycles. The molecule has 2 unspecified atom stereocenters. The predicted octanol–water partition coefficient (Wildman–Crippen LogP) is 4.77. The van der Waals surface area contributed by atoms with Crippen molar-refractivity contribution in [2.24, 2.45) is 5.92 Å². The van der Waals surface area contributed by atoms with E-state index in [-0.39, 0.29) is 12.4 Å². The highest BCUT2D eigenvalue weighted by molar-refractivity contribution is 7.17. The van der Waals surface area contributed by atoms with Gasteiger partial charge in [-0.2, -0.15) is 0 Å². The molecule has 1 aliphatic carbocycles. The van der Waals surface area contributed by atoms with Crippen LogP contribution in [0.2, 0.25) is 0 Å². The van der Waals surface area contributed by atoms with Crippen LogP contribution in [0.3, 0.4) is 0 Å². The maximum Gasteiger partial charge on any atom is 0.341 e. The second kappa shape index (κ2) is 10.5. The van der Waals surface area contributed by atoms with Gasteiger partial charge in [0, 0.05) is 11.0 Å². The molecule has 0 saturated carbocycles. The fraction of sp³-hybridized carbons (Fsp3) is 0.375. The molecule has 0 bridgehead atoms. The van der Waals surface area contributed by atoms with Gasteiger partial charge in [0.05, 0.1) is 12.2 Å². The van der Waals surface area contributed by atoms with Crippen LogP contribution in [0.1, 0.15) is 53.6 Å². The van der Waals surface area contributed by atoms with Gasteiger partial charge in [0.1, 0.15) is 10.8 Å². The lowest BCUT2D eigenvalue weighted by molar-refractivity contribution is -0.148. The summed E-state index contributed by atoms with van der Waals surface area (Å²) in [6, 6.07) is 5.60. The van der Waals surface area contributed by atoms with Gasteiger partial charge in [0.25, 0.3) is 5.91 Å². The maximum atomic E-state index is 13.0. The van der Waals surface area contributed by atoms with Crippen LogP contribution in [0.5, 0.6) is 0 Å². The fourth-order valence-corrected chi connectivity index (χ4v) is 4.88. The van der Waals surface area contributed by atoms with Crippen LogP contribution in [0, 0.1) is 11.7 Å². The van der Waals surface area contributed by atoms with Gasteiger partial charge in [0.15, 0.2) is 6.10 Å². The SMILES string of the molecule is CCOC(=O)c1c(NC(=O)C(C)OC(=O)C=Cc2ccc(F)cc2)sc2c1CCC(C)C2. The van der Waals surface area contributed by atoms with Crippen molar-refractivity contribution in [3.63, 3.8) is 0 Å². The quantitative estimate of drug-likeness (QED) is 0.476. The van der Waals surface area contributed by atoms with Crippen LogP contribution in [0.15, 0.2) is 30.3 Å². The molecule has 0 radical (unpaired) electrons. The largest absolute Gasteiger partial charge is 0.462 e. The van der Waals surface area contributed by atoms with E-state index in [0.717, 1.165) is 29.7 Å². The summed E-state index contributed by atoms with van der Waals surface area (Å²) in [6.07, 6.45) is 4.15. The summed E-state index contributed by atoms with van der Waals surface area (Å²) in [5.41, 5.74) is 1.97. The van der Waals surface area contributed by atoms with Gasteiger partial charge in [-0.05, 0) is 68.4 Å². The molecule has 170 valence electrons. The van der Waals surface area contributed by atoms with E-state index in [9.17, 15) is 18.8 Å². The molecule has 0 spiro atoms. The number of anilines is 1. The summed E-state index contributed by atoms with van der Waals surface area (Å²) < 4.78 is 23.3. The highest BCUT2D eigenvalue weighted by Crippen LogP contribution is 2.40. The van der Waals surface area contributed by atoms with E-state index in [1.54, 1.807) is 6.92 Å². The molecule has 0 fully saturated rings. The second-order valence-corrected chi connectivity index (χ2v) is 8.83. The molecule has 1 N–H and O–H groups in total. The van der Waals surface area contributed by atoms with Crippen LogP contribution in [0.4, 0.5) is 9.39 Å². The van der Waals surface area contributed by atoms with Crippen LogP contribution < -0.4 is 5.32 Å². The number of fused-ring (bicyclic) bond motifs is 1. The molecular formula is C24H26FNO5S. The summed E-state index contributed by atoms with van der Waals surface area (Å²) >= 11 is 1.38. The van der Waals surface area contributed by atoms with Crippen molar-refractivity contribution in [3.05, 3.63) is 57.7 Å². The number of hydrogen-bond donors (Lipinski definition) is 1. The number of ether oxygens (including phenoxy) is 2. The third kappa shape index (κ3) is 5.82. The Morgan fingerprint density at radius 2 is 2.00 bits per heavy atom. The van der Waals surface area contributed by atoms with E-state index >= 15 is 0 Å². The van der Waals surface area contributed by atoms with Gasteiger partial charge in [-0.15, -0.1) is 11.3 Å². The van der Waals surface area contributed by atoms with Crippen LogP contribution in [-0.2, 0) is 31.9 Å². The minimum atomic E-state index is -1.08. The topological polar surface area (TPSA) is 81.7 Å². The van der Waals surface area contributed by atoms with Gasteiger partial charge in [-0.1, -0.05) is 19.1 Å². The molecule has 1 heterocycles. The molecule has 1 amide bonds. The van der Waals surface area contributed by atoms with Crippen molar-refractivity contribution < 1.29 is 28.2 Å². The lowest BCUT2D eigenvalue weighted by atomic mass is 9.88. The zero-order valence-corrected chi connectivity index (χ0v) is 19.1. The minimum Gasteiger partial charge on any atom is -0.462 e. The first kappa shape index (κ1) is 23.7. The van der Waals surface area contributed by atoms with E-state index in [0.29, 0.717) is 22.0 Å². The first-order valence-corrected chi connectivity index (χ1v) is 11.4. The number of halogens is 1. The molecule has 8 heteroatoms. The third-order valence-corrected chi connectivity index (χ3v) is 6.34. The highest BCUT2D eigenvalue weighted by Gasteiger charge is 2.30. The molecule has 2 aromatic rings. The van der Waals surface area contributed by atoms with Crippen molar-refractivity contribution in [1.82, 2.24) is 0 Å². The maximum absolute atomic E-state index is 13.0. The average Bonchev–Trinajstić information content (AvgIpc) is 3.10. The summed E-state index contributed by atoms with van der Waals surface area (Å²) in [4.78, 5) is 38.4. The number of carbonyl (C=O) groups is 3. The van der Waals surface area contributed by atoms with E-state index in [1.165, 1.54) is 54.7 Å². The van der Waals surface area contributed by atoms with E-state index in [4.69, 9.17) is 9.47 Å². The summed E-state index contributed by atoms with van der Waals surface area (Å²) in [6.45, 7) is 5.59. The molecule has 32 heavy (non-hydrogen) atoms. The lowest BCUT2D eigenvalue weighted by Crippen LogP contribution is -2.29. The first-order valence-electron chi connectivity index (χ1n) is 10.5. The fourth-order valence-electron chi connectivity index (χ4n) is 3.48. The molecule has 1 aliphatic rings. The number of esters is 2. The Kier molecular flexibility index (Phi) is 7.80. The number of nitrogens with one attached hydrogen (secondary N) is 1. The van der Waals surface area contributed by atoms with Crippen LogP contribution >= 0.6 is 11.3 Å². The molecule has 1 aromatic carbocycles. The Labute approximate surface area is 190 Å². The van der Waals surface area contributed by atoms with Crippen molar-refractivity contribution >= 4 is 40.3 Å². The van der Waals surface area contributed by atoms with Gasteiger partial charge >= 0.3 is 11.9 Å². The number of thiophene rings is 1. The molecule has 3 rings (SSSR count). The van der Waals surface area contributed by atoms with Crippen molar-refractivity contribution in [1.29, 1.82) is 0 Å². The number of benzene rings is 1. The zero-order chi connectivity index (χ0) is 23.3. The van der Waals surface area contributed by atoms with Crippen molar-refractivity contribution in [2.45, 2.75) is 46.1 Å². The molecular weight excluding hydrogens is 433 g/mol. The summed E-state index contributed by atoms with van der Waals surface area (Å²) in [5.74, 6) is -1.57. The van der Waals surface area contributed by atoms with E-state index in [2.05, 4.69) is 12.2 Å². The van der Waals surface area contributed by atoms with Crippen LogP contribution in [0.25, 0.3) is 6.08 Å². The minimum absolute atomic E-state index is 0.238. The van der Waals surface area contributed by atoms with Gasteiger partial charge in [-0.3, -0.25) is 4.79 Å². The first-order chi connectivity index (χ1) is 15.3. The van der Waals surface area contributed by atoms with E-state index < -0.39 is 23.9 Å². The summed E-state index contributed by atoms with van der Waals surface area (Å²) in [7, 11) is 0. The molecule has 0 aliphatic heterocycles. The van der Waals surface area contributed by atoms with Gasteiger partial charge < -0.3 is 14.8 Å². The number of carbonyl (C=O) groups excluding carboxylic acids is 3. The Morgan fingerprint density at radius 1 is 1.28 bits per heavy atom. The lowest BCUT2D eigenvalue weighted by Gasteiger charge is -2.18.